The lowest BCUT2D eigenvalue weighted by Gasteiger charge is -2.31. The smallest absolute Gasteiger partial charge is 0.243 e. The molecule has 1 aliphatic rings. The van der Waals surface area contributed by atoms with E-state index in [9.17, 15) is 17.6 Å². The molecule has 0 spiro atoms. The summed E-state index contributed by atoms with van der Waals surface area (Å²) in [5, 5.41) is 3.05. The Bertz CT molecular complexity index is 930. The fourth-order valence-electron chi connectivity index (χ4n) is 3.11. The summed E-state index contributed by atoms with van der Waals surface area (Å²) < 4.78 is 40.4. The molecule has 1 aliphatic heterocycles. The predicted octanol–water partition coefficient (Wildman–Crippen LogP) is 1.40. The van der Waals surface area contributed by atoms with Crippen LogP contribution < -0.4 is 10.2 Å². The molecular formula is C19H22ClFN3O3S+. The molecule has 9 heteroatoms. The molecule has 1 amide bonds. The van der Waals surface area contributed by atoms with Gasteiger partial charge in [0.25, 0.3) is 0 Å². The van der Waals surface area contributed by atoms with Gasteiger partial charge in [-0.15, -0.1) is 0 Å². The number of carbonyl (C=O) groups excluding carboxylic acids is 1. The highest BCUT2D eigenvalue weighted by Gasteiger charge is 2.30. The number of piperazine rings is 1. The highest BCUT2D eigenvalue weighted by Crippen LogP contribution is 2.18. The summed E-state index contributed by atoms with van der Waals surface area (Å²) in [7, 11) is -3.54. The van der Waals surface area contributed by atoms with Gasteiger partial charge in [-0.3, -0.25) is 4.79 Å². The Morgan fingerprint density at radius 1 is 1.11 bits per heavy atom. The minimum Gasteiger partial charge on any atom is -0.332 e. The van der Waals surface area contributed by atoms with Gasteiger partial charge in [-0.1, -0.05) is 23.7 Å². The topological polar surface area (TPSA) is 70.9 Å². The number of rotatable bonds is 6. The van der Waals surface area contributed by atoms with Crippen LogP contribution in [0.4, 0.5) is 10.1 Å². The fourth-order valence-corrected chi connectivity index (χ4v) is 4.68. The van der Waals surface area contributed by atoms with E-state index < -0.39 is 15.8 Å². The van der Waals surface area contributed by atoms with Crippen molar-refractivity contribution in [2.75, 3.05) is 38.0 Å². The molecule has 0 bridgehead atoms. The van der Waals surface area contributed by atoms with Crippen LogP contribution in [0.3, 0.4) is 0 Å². The number of amides is 1. The second-order valence-corrected chi connectivity index (χ2v) is 9.01. The van der Waals surface area contributed by atoms with E-state index in [0.717, 1.165) is 4.90 Å². The Labute approximate surface area is 168 Å². The minimum atomic E-state index is -3.54. The molecule has 1 saturated heterocycles. The molecule has 1 fully saturated rings. The quantitative estimate of drug-likeness (QED) is 0.733. The third kappa shape index (κ3) is 5.08. The van der Waals surface area contributed by atoms with Crippen LogP contribution in [0.25, 0.3) is 0 Å². The molecule has 0 aromatic heterocycles. The van der Waals surface area contributed by atoms with Gasteiger partial charge in [0.2, 0.25) is 15.9 Å². The zero-order chi connectivity index (χ0) is 20.1. The number of benzene rings is 2. The maximum absolute atomic E-state index is 13.6. The van der Waals surface area contributed by atoms with Crippen LogP contribution >= 0.6 is 11.6 Å². The van der Waals surface area contributed by atoms with Gasteiger partial charge in [0.15, 0.2) is 0 Å². The average Bonchev–Trinajstić information content (AvgIpc) is 2.69. The number of nitrogens with one attached hydrogen (secondary N) is 2. The van der Waals surface area contributed by atoms with Gasteiger partial charge in [0.05, 0.1) is 49.7 Å². The Hall–Kier alpha value is -2.00. The molecule has 150 valence electrons. The largest absolute Gasteiger partial charge is 0.332 e. The van der Waals surface area contributed by atoms with Crippen molar-refractivity contribution in [1.29, 1.82) is 0 Å². The Kier molecular flexibility index (Phi) is 6.66. The summed E-state index contributed by atoms with van der Waals surface area (Å²) >= 11 is 5.82. The summed E-state index contributed by atoms with van der Waals surface area (Å²) in [5.74, 6) is -0.724. The van der Waals surface area contributed by atoms with Crippen molar-refractivity contribution in [3.05, 3.63) is 59.4 Å². The average molecular weight is 427 g/mol. The van der Waals surface area contributed by atoms with Crippen molar-refractivity contribution >= 4 is 33.2 Å². The highest BCUT2D eigenvalue weighted by atomic mass is 35.5. The summed E-state index contributed by atoms with van der Waals surface area (Å²) in [6.07, 6.45) is 0.244. The van der Waals surface area contributed by atoms with Crippen LogP contribution in [0.1, 0.15) is 6.42 Å². The molecule has 28 heavy (non-hydrogen) atoms. The zero-order valence-corrected chi connectivity index (χ0v) is 16.8. The van der Waals surface area contributed by atoms with E-state index in [1.54, 1.807) is 24.3 Å². The molecule has 0 saturated carbocycles. The third-order valence-corrected chi connectivity index (χ3v) is 6.90. The molecule has 3 rings (SSSR count). The number of hydrogen-bond donors (Lipinski definition) is 2. The summed E-state index contributed by atoms with van der Waals surface area (Å²) in [6.45, 7) is 2.55. The second-order valence-electron chi connectivity index (χ2n) is 6.64. The molecule has 0 atom stereocenters. The minimum absolute atomic E-state index is 0.168. The van der Waals surface area contributed by atoms with Gasteiger partial charge in [0, 0.05) is 5.02 Å². The molecular weight excluding hydrogens is 405 g/mol. The molecule has 0 radical (unpaired) electrons. The molecule has 2 N–H and O–H groups in total. The monoisotopic (exact) mass is 426 g/mol. The first-order valence-corrected chi connectivity index (χ1v) is 10.8. The van der Waals surface area contributed by atoms with Gasteiger partial charge < -0.3 is 10.2 Å². The van der Waals surface area contributed by atoms with Gasteiger partial charge in [-0.2, -0.15) is 4.31 Å². The lowest BCUT2D eigenvalue weighted by atomic mass is 10.2. The molecule has 0 unspecified atom stereocenters. The first kappa shape index (κ1) is 20.7. The van der Waals surface area contributed by atoms with Crippen molar-refractivity contribution in [3.63, 3.8) is 0 Å². The number of halogens is 2. The van der Waals surface area contributed by atoms with Crippen molar-refractivity contribution in [3.8, 4) is 0 Å². The Morgan fingerprint density at radius 2 is 1.75 bits per heavy atom. The van der Waals surface area contributed by atoms with Gasteiger partial charge in [-0.05, 0) is 36.4 Å². The standard InChI is InChI=1S/C19H21ClFN3O3S/c20-15-5-7-16(8-6-15)28(26,27)24-13-11-23(12-14-24)10-9-19(25)22-18-4-2-1-3-17(18)21/h1-8H,9-14H2,(H,22,25)/p+1. The van der Waals surface area contributed by atoms with E-state index in [0.29, 0.717) is 37.7 Å². The number of nitrogens with zero attached hydrogens (tertiary/aromatic N) is 1. The van der Waals surface area contributed by atoms with Crippen LogP contribution in [0, 0.1) is 5.82 Å². The number of sulfonamides is 1. The molecule has 2 aromatic carbocycles. The highest BCUT2D eigenvalue weighted by molar-refractivity contribution is 7.89. The normalized spacial score (nSPS) is 16.1. The first-order chi connectivity index (χ1) is 13.4. The summed E-state index contributed by atoms with van der Waals surface area (Å²) in [5.41, 5.74) is 0.168. The lowest BCUT2D eigenvalue weighted by Crippen LogP contribution is -3.14. The number of hydrogen-bond acceptors (Lipinski definition) is 3. The van der Waals surface area contributed by atoms with Crippen molar-refractivity contribution in [2.45, 2.75) is 11.3 Å². The van der Waals surface area contributed by atoms with E-state index in [2.05, 4.69) is 5.32 Å². The van der Waals surface area contributed by atoms with Gasteiger partial charge in [-0.25, -0.2) is 12.8 Å². The molecule has 6 nitrogen and oxygen atoms in total. The number of anilines is 1. The Balaban J connectivity index is 1.48. The number of carbonyl (C=O) groups is 1. The van der Waals surface area contributed by atoms with E-state index >= 15 is 0 Å². The fraction of sp³-hybridized carbons (Fsp3) is 0.316. The molecule has 2 aromatic rings. The van der Waals surface area contributed by atoms with Gasteiger partial charge in [0.1, 0.15) is 5.82 Å². The second kappa shape index (κ2) is 9.00. The SMILES string of the molecule is O=C(CC[NH+]1CCN(S(=O)(=O)c2ccc(Cl)cc2)CC1)Nc1ccccc1F. The molecule has 0 aliphatic carbocycles. The van der Waals surface area contributed by atoms with Crippen LogP contribution in [-0.2, 0) is 14.8 Å². The molecule has 1 heterocycles. The van der Waals surface area contributed by atoms with Crippen LogP contribution in [0.2, 0.25) is 5.02 Å². The van der Waals surface area contributed by atoms with E-state index in [-0.39, 0.29) is 22.9 Å². The maximum atomic E-state index is 13.6. The van der Waals surface area contributed by atoms with Gasteiger partial charge >= 0.3 is 0 Å². The number of para-hydroxylation sites is 1. The van der Waals surface area contributed by atoms with Crippen LogP contribution in [0.15, 0.2) is 53.4 Å². The summed E-state index contributed by atoms with van der Waals surface area (Å²) in [4.78, 5) is 13.4. The summed E-state index contributed by atoms with van der Waals surface area (Å²) in [6, 6.07) is 12.2. The Morgan fingerprint density at radius 3 is 2.39 bits per heavy atom. The van der Waals surface area contributed by atoms with Crippen molar-refractivity contribution < 1.29 is 22.5 Å². The first-order valence-electron chi connectivity index (χ1n) is 9.00. The number of quaternary nitrogens is 1. The lowest BCUT2D eigenvalue weighted by molar-refractivity contribution is -0.903. The van der Waals surface area contributed by atoms with E-state index in [1.807, 2.05) is 0 Å². The van der Waals surface area contributed by atoms with E-state index in [1.165, 1.54) is 28.6 Å². The van der Waals surface area contributed by atoms with Crippen molar-refractivity contribution in [1.82, 2.24) is 4.31 Å². The predicted molar refractivity (Wildman–Crippen MR) is 105 cm³/mol. The third-order valence-electron chi connectivity index (χ3n) is 4.73. The van der Waals surface area contributed by atoms with Crippen LogP contribution in [0.5, 0.6) is 0 Å². The maximum Gasteiger partial charge on any atom is 0.243 e. The van der Waals surface area contributed by atoms with Crippen molar-refractivity contribution in [2.24, 2.45) is 0 Å². The van der Waals surface area contributed by atoms with Crippen LogP contribution in [-0.4, -0.2) is 51.4 Å². The zero-order valence-electron chi connectivity index (χ0n) is 15.2. The van der Waals surface area contributed by atoms with E-state index in [4.69, 9.17) is 11.6 Å².